The van der Waals surface area contributed by atoms with E-state index in [1.54, 1.807) is 19.1 Å². The number of hydrogen-bond acceptors (Lipinski definition) is 7. The minimum absolute atomic E-state index is 0.102. The number of rotatable bonds is 5. The molecule has 0 aromatic carbocycles. The first kappa shape index (κ1) is 16.6. The molecule has 0 spiro atoms. The number of esters is 1. The number of Topliss-reactive ketones (excluding diaryl/α,β-unsaturated/α-hetero) is 1. The van der Waals surface area contributed by atoms with Crippen molar-refractivity contribution in [2.45, 2.75) is 109 Å². The minimum Gasteiger partial charge on any atom is -0.457 e. The molecule has 0 radical (unpaired) electrons. The normalized spacial score (nSPS) is 59.0. The lowest BCUT2D eigenvalue weighted by Crippen LogP contribution is -2.63. The summed E-state index contributed by atoms with van der Waals surface area (Å²) in [6.45, 7) is 5.63. The Morgan fingerprint density at radius 3 is 2.72 bits per heavy atom. The highest BCUT2D eigenvalue weighted by Crippen LogP contribution is 2.70. The highest BCUT2D eigenvalue weighted by molar-refractivity contribution is 6.01. The molecule has 9 atom stereocenters. The van der Waals surface area contributed by atoms with Gasteiger partial charge in [0.15, 0.2) is 24.3 Å². The van der Waals surface area contributed by atoms with Crippen LogP contribution in [-0.2, 0) is 28.6 Å². The average Bonchev–Trinajstić information content (AvgIpc) is 3.46. The molecule has 6 aliphatic rings. The highest BCUT2D eigenvalue weighted by Gasteiger charge is 2.76. The molecule has 7 nitrogen and oxygen atoms in total. The maximum atomic E-state index is 14.6. The van der Waals surface area contributed by atoms with Gasteiger partial charge in [0.2, 0.25) is 5.78 Å². The van der Waals surface area contributed by atoms with Gasteiger partial charge in [-0.15, -0.1) is 0 Å². The highest BCUT2D eigenvalue weighted by atomic mass is 16.7. The van der Waals surface area contributed by atoms with E-state index in [0.717, 1.165) is 5.57 Å². The second-order valence-electron chi connectivity index (χ2n) is 12.4. The van der Waals surface area contributed by atoms with Crippen LogP contribution < -0.4 is 0 Å². The van der Waals surface area contributed by atoms with E-state index in [-0.39, 0.29) is 24.5 Å². The maximum Gasteiger partial charge on any atom is 0.308 e. The molecule has 39 heavy (non-hydrogen) atoms. The summed E-state index contributed by atoms with van der Waals surface area (Å²) in [7, 11) is 0. The molecular formula is C32H44O7. The summed E-state index contributed by atoms with van der Waals surface area (Å²) < 4.78 is 122. The van der Waals surface area contributed by atoms with Crippen LogP contribution in [0, 0.1) is 40.4 Å². The Hall–Kier alpha value is -1.83. The predicted octanol–water partition coefficient (Wildman–Crippen LogP) is 4.70. The number of carbonyl (C=O) groups is 3. The molecule has 1 heterocycles. The van der Waals surface area contributed by atoms with Gasteiger partial charge in [-0.05, 0) is 62.4 Å². The van der Waals surface area contributed by atoms with Gasteiger partial charge in [0.1, 0.15) is 0 Å². The third kappa shape index (κ3) is 3.97. The third-order valence-electron chi connectivity index (χ3n) is 10.1. The molecule has 0 aromatic rings. The number of fused-ring (bicyclic) bond motifs is 7. The lowest BCUT2D eigenvalue weighted by molar-refractivity contribution is -0.210. The summed E-state index contributed by atoms with van der Waals surface area (Å²) in [6.07, 6.45) is -20.8. The van der Waals surface area contributed by atoms with Crippen molar-refractivity contribution in [2.75, 3.05) is 6.61 Å². The minimum atomic E-state index is -4.03. The Bertz CT molecular complexity index is 1600. The fourth-order valence-electron chi connectivity index (χ4n) is 8.34. The van der Waals surface area contributed by atoms with Crippen molar-refractivity contribution in [3.63, 3.8) is 0 Å². The first-order valence-corrected chi connectivity index (χ1v) is 13.7. The monoisotopic (exact) mass is 552 g/mol. The molecule has 1 aliphatic heterocycles. The first-order chi connectivity index (χ1) is 23.0. The molecular weight excluding hydrogens is 496 g/mol. The van der Waals surface area contributed by atoms with Crippen molar-refractivity contribution in [3.05, 3.63) is 23.8 Å². The van der Waals surface area contributed by atoms with Gasteiger partial charge in [-0.1, -0.05) is 58.5 Å². The standard InChI is InChI=1S/C32H44O7/c1-18(2)28(36)37-17-25(35)32-26(38-29(39-32)19-8-6-5-7-9-19)15-23-22-11-10-20-14-21(33)12-13-30(20,3)27(22)24(34)16-31(23,32)4/h12-14,18-19,22-24,26-27,29,34H,5-11,15-17H2,1-4H3/t22?,23?,24-,26-,27?,29-,30-,31-,32+/m0/s1/i5D2,6D2,7D2,8D2,9D2,19D,29D. The predicted molar refractivity (Wildman–Crippen MR) is 143 cm³/mol. The van der Waals surface area contributed by atoms with Crippen molar-refractivity contribution >= 4 is 17.5 Å². The molecule has 5 aliphatic carbocycles. The quantitative estimate of drug-likeness (QED) is 0.494. The van der Waals surface area contributed by atoms with Gasteiger partial charge in [0.05, 0.1) is 19.5 Å². The Morgan fingerprint density at radius 1 is 1.26 bits per heavy atom. The Labute approximate surface area is 248 Å². The van der Waals surface area contributed by atoms with E-state index in [1.165, 1.54) is 19.9 Å². The average molecular weight is 553 g/mol. The van der Waals surface area contributed by atoms with E-state index in [1.807, 2.05) is 6.92 Å². The Kier molecular flexibility index (Phi) is 4.09. The Morgan fingerprint density at radius 2 is 2.00 bits per heavy atom. The van der Waals surface area contributed by atoms with Gasteiger partial charge in [0, 0.05) is 37.7 Å². The van der Waals surface area contributed by atoms with Gasteiger partial charge < -0.3 is 19.3 Å². The van der Waals surface area contributed by atoms with Crippen molar-refractivity contribution < 1.29 is 50.1 Å². The number of hydrogen-bond donors (Lipinski definition) is 1. The molecule has 0 bridgehead atoms. The van der Waals surface area contributed by atoms with Gasteiger partial charge in [0.25, 0.3) is 0 Å². The summed E-state index contributed by atoms with van der Waals surface area (Å²) in [5, 5.41) is 12.0. The molecule has 1 saturated heterocycles. The lowest BCUT2D eigenvalue weighted by Gasteiger charge is -2.59. The van der Waals surface area contributed by atoms with E-state index in [4.69, 9.17) is 27.9 Å². The fraction of sp³-hybridized carbons (Fsp3) is 0.781. The SMILES string of the molecule is [2H]C1([2H])C([2H])([2H])C([2H])([2H])C([2H])([C@@]2([2H])O[C@H]3CC4C5CCC6=CC(=O)C=C[C@]6(C)C5[C@@H](O)C[C@]4(C)[C@]3(C(=O)COC(=O)C(C)C)O2)C([2H])([2H])C1([2H])[2H]. The van der Waals surface area contributed by atoms with Gasteiger partial charge >= 0.3 is 5.97 Å². The molecule has 4 saturated carbocycles. The molecule has 6 rings (SSSR count). The fourth-order valence-corrected chi connectivity index (χ4v) is 8.34. The van der Waals surface area contributed by atoms with E-state index >= 15 is 0 Å². The van der Waals surface area contributed by atoms with E-state index in [2.05, 4.69) is 0 Å². The molecule has 1 N–H and O–H groups in total. The van der Waals surface area contributed by atoms with Crippen LogP contribution in [0.5, 0.6) is 0 Å². The summed E-state index contributed by atoms with van der Waals surface area (Å²) >= 11 is 0. The number of ether oxygens (including phenoxy) is 3. The summed E-state index contributed by atoms with van der Waals surface area (Å²) in [6, 6.07) is 0. The van der Waals surface area contributed by atoms with Crippen molar-refractivity contribution in [1.29, 1.82) is 0 Å². The summed E-state index contributed by atoms with van der Waals surface area (Å²) in [5.74, 6) is -7.93. The number of aliphatic hydroxyl groups excluding tert-OH is 1. The molecule has 7 heteroatoms. The number of allylic oxidation sites excluding steroid dienone is 4. The molecule has 0 amide bonds. The number of ketones is 2. The van der Waals surface area contributed by atoms with Crippen LogP contribution >= 0.6 is 0 Å². The number of aliphatic hydroxyl groups is 1. The molecule has 0 aromatic heterocycles. The third-order valence-corrected chi connectivity index (χ3v) is 10.1. The van der Waals surface area contributed by atoms with Crippen LogP contribution in [0.25, 0.3) is 0 Å². The van der Waals surface area contributed by atoms with Crippen molar-refractivity contribution in [3.8, 4) is 0 Å². The van der Waals surface area contributed by atoms with Crippen LogP contribution in [0.3, 0.4) is 0 Å². The first-order valence-electron chi connectivity index (χ1n) is 19.7. The van der Waals surface area contributed by atoms with Crippen molar-refractivity contribution in [2.24, 2.45) is 40.4 Å². The van der Waals surface area contributed by atoms with Crippen molar-refractivity contribution in [1.82, 2.24) is 0 Å². The van der Waals surface area contributed by atoms with Gasteiger partial charge in [-0.25, -0.2) is 0 Å². The second kappa shape index (κ2) is 9.63. The van der Waals surface area contributed by atoms with E-state index in [9.17, 15) is 22.2 Å². The zero-order chi connectivity index (χ0) is 38.6. The Balaban J connectivity index is 1.51. The molecule has 5 fully saturated rings. The van der Waals surface area contributed by atoms with Gasteiger partial charge in [-0.3, -0.25) is 14.4 Å². The summed E-state index contributed by atoms with van der Waals surface area (Å²) in [5.41, 5.74) is -3.81. The number of carbonyl (C=O) groups excluding carboxylic acids is 3. The molecule has 3 unspecified atom stereocenters. The van der Waals surface area contributed by atoms with Gasteiger partial charge in [-0.2, -0.15) is 0 Å². The van der Waals surface area contributed by atoms with E-state index < -0.39 is 109 Å². The van der Waals surface area contributed by atoms with Crippen LogP contribution in [0.1, 0.15) is 102 Å². The zero-order valence-corrected chi connectivity index (χ0v) is 22.6. The smallest absolute Gasteiger partial charge is 0.308 e. The van der Waals surface area contributed by atoms with E-state index in [0.29, 0.717) is 12.8 Å². The van der Waals surface area contributed by atoms with Crippen LogP contribution in [-0.4, -0.2) is 53.3 Å². The zero-order valence-electron chi connectivity index (χ0n) is 34.6. The largest absolute Gasteiger partial charge is 0.457 e. The van der Waals surface area contributed by atoms with Crippen LogP contribution in [0.4, 0.5) is 0 Å². The van der Waals surface area contributed by atoms with Crippen LogP contribution in [0.2, 0.25) is 0 Å². The maximum absolute atomic E-state index is 14.6. The van der Waals surface area contributed by atoms with Crippen LogP contribution in [0.15, 0.2) is 23.8 Å². The topological polar surface area (TPSA) is 99.1 Å². The molecule has 214 valence electrons. The lowest BCUT2D eigenvalue weighted by atomic mass is 9.46. The second-order valence-corrected chi connectivity index (χ2v) is 12.4. The summed E-state index contributed by atoms with van der Waals surface area (Å²) in [4.78, 5) is 39.4.